The Labute approximate surface area is 63.1 Å². The summed E-state index contributed by atoms with van der Waals surface area (Å²) in [4.78, 5) is 0. The van der Waals surface area contributed by atoms with E-state index in [1.54, 1.807) is 0 Å². The Morgan fingerprint density at radius 2 is 1.75 bits per heavy atom. The zero-order valence-electron chi connectivity index (χ0n) is 5.65. The van der Waals surface area contributed by atoms with Crippen molar-refractivity contribution in [2.24, 2.45) is 0 Å². The SMILES string of the molecule is CC(C)=CC(C)=[CH][Ti+2]. The third kappa shape index (κ3) is 4.36. The first-order valence-corrected chi connectivity index (χ1v) is 3.56. The number of hydrogen-bond donors (Lipinski definition) is 0. The van der Waals surface area contributed by atoms with Crippen molar-refractivity contribution >= 4 is 0 Å². The van der Waals surface area contributed by atoms with E-state index in [0.29, 0.717) is 0 Å². The summed E-state index contributed by atoms with van der Waals surface area (Å²) in [5, 5.41) is 0. The molecule has 0 nitrogen and oxygen atoms in total. The molecule has 0 bridgehead atoms. The molecular formula is C7H11Ti+2. The summed E-state index contributed by atoms with van der Waals surface area (Å²) in [5.74, 6) is 0. The molecule has 0 aliphatic heterocycles. The molecule has 0 spiro atoms. The Kier molecular flexibility index (Phi) is 4.21. The van der Waals surface area contributed by atoms with Crippen molar-refractivity contribution < 1.29 is 20.4 Å². The van der Waals surface area contributed by atoms with E-state index in [0.717, 1.165) is 0 Å². The molecule has 0 aromatic heterocycles. The molecule has 0 rings (SSSR count). The second kappa shape index (κ2) is 4.11. The molecule has 0 saturated heterocycles. The summed E-state index contributed by atoms with van der Waals surface area (Å²) in [5.41, 5.74) is 2.70. The monoisotopic (exact) mass is 143 g/mol. The van der Waals surface area contributed by atoms with Gasteiger partial charge in [-0.15, -0.1) is 0 Å². The van der Waals surface area contributed by atoms with Crippen LogP contribution in [0.5, 0.6) is 0 Å². The second-order valence-electron chi connectivity index (χ2n) is 2.11. The molecule has 0 atom stereocenters. The Bertz CT molecular complexity index is 116. The summed E-state index contributed by atoms with van der Waals surface area (Å²) < 4.78 is 2.10. The van der Waals surface area contributed by atoms with E-state index in [9.17, 15) is 0 Å². The van der Waals surface area contributed by atoms with Gasteiger partial charge in [0.15, 0.2) is 0 Å². The van der Waals surface area contributed by atoms with Gasteiger partial charge in [0.1, 0.15) is 0 Å². The molecule has 0 unspecified atom stereocenters. The van der Waals surface area contributed by atoms with Gasteiger partial charge in [-0.25, -0.2) is 0 Å². The molecule has 0 aliphatic carbocycles. The summed E-state index contributed by atoms with van der Waals surface area (Å²) in [6.45, 7) is 6.31. The van der Waals surface area contributed by atoms with Crippen molar-refractivity contribution in [1.82, 2.24) is 0 Å². The van der Waals surface area contributed by atoms with E-state index < -0.39 is 0 Å². The molecule has 0 aliphatic rings. The van der Waals surface area contributed by atoms with E-state index in [1.165, 1.54) is 11.1 Å². The van der Waals surface area contributed by atoms with Gasteiger partial charge in [-0.05, 0) is 0 Å². The maximum atomic E-state index is 2.17. The Morgan fingerprint density at radius 1 is 1.25 bits per heavy atom. The van der Waals surface area contributed by atoms with E-state index in [-0.39, 0.29) is 0 Å². The Hall–Kier alpha value is 0.194. The first kappa shape index (κ1) is 8.19. The van der Waals surface area contributed by atoms with Crippen LogP contribution in [0.1, 0.15) is 20.8 Å². The van der Waals surface area contributed by atoms with Crippen molar-refractivity contribution in [3.63, 3.8) is 0 Å². The molecule has 0 N–H and O–H groups in total. The van der Waals surface area contributed by atoms with Crippen LogP contribution in [-0.2, 0) is 20.4 Å². The summed E-state index contributed by atoms with van der Waals surface area (Å²) in [7, 11) is 0. The van der Waals surface area contributed by atoms with Gasteiger partial charge in [0, 0.05) is 0 Å². The van der Waals surface area contributed by atoms with Crippen LogP contribution >= 0.6 is 0 Å². The van der Waals surface area contributed by atoms with Gasteiger partial charge in [-0.2, -0.15) is 0 Å². The summed E-state index contributed by atoms with van der Waals surface area (Å²) in [6, 6.07) is 0. The first-order chi connectivity index (χ1) is 3.66. The fraction of sp³-hybridized carbons (Fsp3) is 0.429. The van der Waals surface area contributed by atoms with E-state index in [1.807, 2.05) is 0 Å². The molecule has 0 aromatic rings. The predicted molar refractivity (Wildman–Crippen MR) is 33.2 cm³/mol. The molecule has 8 heavy (non-hydrogen) atoms. The van der Waals surface area contributed by atoms with Crippen LogP contribution in [0.25, 0.3) is 0 Å². The van der Waals surface area contributed by atoms with Gasteiger partial charge in [0.2, 0.25) is 0 Å². The maximum absolute atomic E-state index is 2.17. The molecule has 0 radical (unpaired) electrons. The molecule has 0 fully saturated rings. The van der Waals surface area contributed by atoms with Crippen LogP contribution in [0.4, 0.5) is 0 Å². The fourth-order valence-corrected chi connectivity index (χ4v) is 0.627. The van der Waals surface area contributed by atoms with Gasteiger partial charge >= 0.3 is 62.8 Å². The summed E-state index contributed by atoms with van der Waals surface area (Å²) >= 11 is 2.05. The van der Waals surface area contributed by atoms with Gasteiger partial charge in [0.25, 0.3) is 0 Å². The van der Waals surface area contributed by atoms with E-state index in [4.69, 9.17) is 0 Å². The summed E-state index contributed by atoms with van der Waals surface area (Å²) in [6.07, 6.45) is 2.17. The van der Waals surface area contributed by atoms with Crippen molar-refractivity contribution in [1.29, 1.82) is 0 Å². The Morgan fingerprint density at radius 3 is 1.88 bits per heavy atom. The van der Waals surface area contributed by atoms with E-state index >= 15 is 0 Å². The van der Waals surface area contributed by atoms with Crippen molar-refractivity contribution in [3.8, 4) is 0 Å². The average molecular weight is 143 g/mol. The predicted octanol–water partition coefficient (Wildman–Crippen LogP) is 2.40. The normalized spacial score (nSPS) is 11.4. The average Bonchev–Trinajstić information content (AvgIpc) is 1.65. The van der Waals surface area contributed by atoms with Crippen LogP contribution in [-0.4, -0.2) is 0 Å². The van der Waals surface area contributed by atoms with Gasteiger partial charge in [0.05, 0.1) is 0 Å². The van der Waals surface area contributed by atoms with Crippen LogP contribution in [0, 0.1) is 0 Å². The van der Waals surface area contributed by atoms with Crippen LogP contribution in [0.15, 0.2) is 21.6 Å². The van der Waals surface area contributed by atoms with Gasteiger partial charge < -0.3 is 0 Å². The number of hydrogen-bond acceptors (Lipinski definition) is 0. The zero-order valence-corrected chi connectivity index (χ0v) is 7.22. The van der Waals surface area contributed by atoms with Crippen molar-refractivity contribution in [2.45, 2.75) is 20.8 Å². The van der Waals surface area contributed by atoms with Crippen molar-refractivity contribution in [2.75, 3.05) is 0 Å². The molecule has 0 heterocycles. The van der Waals surface area contributed by atoms with Crippen LogP contribution < -0.4 is 0 Å². The van der Waals surface area contributed by atoms with Crippen molar-refractivity contribution in [3.05, 3.63) is 21.6 Å². The Balaban J connectivity index is 3.89. The number of allylic oxidation sites excluding steroid dienone is 3. The van der Waals surface area contributed by atoms with Gasteiger partial charge in [-0.3, -0.25) is 0 Å². The topological polar surface area (TPSA) is 0 Å². The van der Waals surface area contributed by atoms with Crippen LogP contribution in [0.2, 0.25) is 0 Å². The molecule has 0 saturated carbocycles. The third-order valence-corrected chi connectivity index (χ3v) is 1.46. The molecule has 0 amide bonds. The third-order valence-electron chi connectivity index (χ3n) is 0.744. The minimum atomic E-state index is 1.34. The van der Waals surface area contributed by atoms with Crippen LogP contribution in [0.3, 0.4) is 0 Å². The van der Waals surface area contributed by atoms with E-state index in [2.05, 4.69) is 51.7 Å². The second-order valence-corrected chi connectivity index (χ2v) is 2.56. The van der Waals surface area contributed by atoms with Gasteiger partial charge in [-0.1, -0.05) is 0 Å². The molecular weight excluding hydrogens is 132 g/mol. The zero-order chi connectivity index (χ0) is 6.57. The fourth-order valence-electron chi connectivity index (χ4n) is 0.497. The molecule has 1 heteroatoms. The number of rotatable bonds is 1. The molecule has 41 valence electrons. The standard InChI is InChI=1S/C7H11.Ti/c1-6(2)5-7(3)4;/h1,5H,2-4H3;/q;+2. The minimum absolute atomic E-state index is 1.34. The molecule has 0 aromatic carbocycles. The first-order valence-electron chi connectivity index (χ1n) is 2.65. The quantitative estimate of drug-likeness (QED) is 0.390.